The van der Waals surface area contributed by atoms with Gasteiger partial charge in [0.1, 0.15) is 11.6 Å². The van der Waals surface area contributed by atoms with Crippen LogP contribution in [0.15, 0.2) is 16.6 Å². The average Bonchev–Trinajstić information content (AvgIpc) is 2.26. The third-order valence-electron chi connectivity index (χ3n) is 2.84. The Morgan fingerprint density at radius 1 is 1.39 bits per heavy atom. The van der Waals surface area contributed by atoms with Crippen LogP contribution in [0, 0.1) is 17.0 Å². The van der Waals surface area contributed by atoms with Crippen molar-refractivity contribution in [2.75, 3.05) is 7.11 Å². The fourth-order valence-corrected chi connectivity index (χ4v) is 2.00. The molecule has 0 spiro atoms. The summed E-state index contributed by atoms with van der Waals surface area (Å²) in [5, 5.41) is 0. The number of methoxy groups -OCH3 is 1. The lowest BCUT2D eigenvalue weighted by molar-refractivity contribution is -0.152. The smallest absolute Gasteiger partial charge is 0.313 e. The molecule has 0 saturated heterocycles. The van der Waals surface area contributed by atoms with E-state index >= 15 is 0 Å². The van der Waals surface area contributed by atoms with Crippen molar-refractivity contribution < 1.29 is 18.3 Å². The Balaban J connectivity index is 3.27. The summed E-state index contributed by atoms with van der Waals surface area (Å²) in [7, 11) is 1.20. The maximum atomic E-state index is 13.8. The molecule has 18 heavy (non-hydrogen) atoms. The van der Waals surface area contributed by atoms with Gasteiger partial charge in [0.25, 0.3) is 0 Å². The van der Waals surface area contributed by atoms with Crippen molar-refractivity contribution in [2.45, 2.75) is 19.9 Å². The maximum absolute atomic E-state index is 13.8. The molecule has 0 aromatic heterocycles. The van der Waals surface area contributed by atoms with Gasteiger partial charge in [-0.15, -0.1) is 0 Å². The first kappa shape index (κ1) is 15.0. The van der Waals surface area contributed by atoms with Gasteiger partial charge in [0.2, 0.25) is 0 Å². The summed E-state index contributed by atoms with van der Waals surface area (Å²) in [5.41, 5.74) is 4.25. The minimum atomic E-state index is -1.23. The van der Waals surface area contributed by atoms with Crippen LogP contribution in [-0.4, -0.2) is 13.1 Å². The zero-order valence-electron chi connectivity index (χ0n) is 10.3. The SMILES string of the molecule is COC(=O)C(C)(C)[C@@H](N)c1c(F)cc(Br)cc1F. The first-order valence-electron chi connectivity index (χ1n) is 5.20. The van der Waals surface area contributed by atoms with Gasteiger partial charge in [-0.3, -0.25) is 4.79 Å². The predicted molar refractivity (Wildman–Crippen MR) is 66.8 cm³/mol. The number of hydrogen-bond donors (Lipinski definition) is 1. The van der Waals surface area contributed by atoms with Crippen molar-refractivity contribution in [3.63, 3.8) is 0 Å². The van der Waals surface area contributed by atoms with Crippen LogP contribution in [0.4, 0.5) is 8.78 Å². The van der Waals surface area contributed by atoms with Gasteiger partial charge in [-0.1, -0.05) is 15.9 Å². The summed E-state index contributed by atoms with van der Waals surface area (Å²) >= 11 is 2.98. The summed E-state index contributed by atoms with van der Waals surface area (Å²) in [6.07, 6.45) is 0. The Morgan fingerprint density at radius 2 is 1.83 bits per heavy atom. The summed E-state index contributed by atoms with van der Waals surface area (Å²) in [5.74, 6) is -2.23. The minimum Gasteiger partial charge on any atom is -0.469 e. The summed E-state index contributed by atoms with van der Waals surface area (Å²) < 4.78 is 32.4. The Labute approximate surface area is 112 Å². The lowest BCUT2D eigenvalue weighted by Gasteiger charge is -2.29. The van der Waals surface area contributed by atoms with Gasteiger partial charge in [0.05, 0.1) is 18.6 Å². The van der Waals surface area contributed by atoms with E-state index in [-0.39, 0.29) is 10.0 Å². The molecule has 6 heteroatoms. The highest BCUT2D eigenvalue weighted by Crippen LogP contribution is 2.36. The van der Waals surface area contributed by atoms with E-state index in [9.17, 15) is 13.6 Å². The molecule has 0 bridgehead atoms. The molecule has 2 N–H and O–H groups in total. The van der Waals surface area contributed by atoms with Crippen molar-refractivity contribution >= 4 is 21.9 Å². The Bertz CT molecular complexity index is 454. The molecule has 1 rings (SSSR count). The molecule has 0 unspecified atom stereocenters. The Kier molecular flexibility index (Phi) is 4.45. The Morgan fingerprint density at radius 3 is 2.22 bits per heavy atom. The van der Waals surface area contributed by atoms with Gasteiger partial charge in [-0.2, -0.15) is 0 Å². The molecule has 1 aromatic carbocycles. The zero-order chi connectivity index (χ0) is 14.1. The average molecular weight is 322 g/mol. The highest BCUT2D eigenvalue weighted by Gasteiger charge is 2.39. The molecule has 1 atom stereocenters. The van der Waals surface area contributed by atoms with Crippen molar-refractivity contribution in [3.05, 3.63) is 33.8 Å². The van der Waals surface area contributed by atoms with Crippen LogP contribution in [0.1, 0.15) is 25.5 Å². The van der Waals surface area contributed by atoms with Gasteiger partial charge < -0.3 is 10.5 Å². The second-order valence-corrected chi connectivity index (χ2v) is 5.39. The summed E-state index contributed by atoms with van der Waals surface area (Å²) in [4.78, 5) is 11.6. The van der Waals surface area contributed by atoms with E-state index in [0.717, 1.165) is 12.1 Å². The fourth-order valence-electron chi connectivity index (χ4n) is 1.60. The number of carbonyl (C=O) groups excluding carboxylic acids is 1. The van der Waals surface area contributed by atoms with Crippen LogP contribution in [0.3, 0.4) is 0 Å². The maximum Gasteiger partial charge on any atom is 0.313 e. The van der Waals surface area contributed by atoms with Gasteiger partial charge in [0.15, 0.2) is 0 Å². The number of ether oxygens (including phenoxy) is 1. The molecule has 0 aliphatic carbocycles. The molecule has 0 saturated carbocycles. The largest absolute Gasteiger partial charge is 0.469 e. The number of halogens is 3. The highest BCUT2D eigenvalue weighted by molar-refractivity contribution is 9.10. The van der Waals surface area contributed by atoms with E-state index in [1.807, 2.05) is 0 Å². The number of hydrogen-bond acceptors (Lipinski definition) is 3. The molecule has 0 heterocycles. The molecule has 0 fully saturated rings. The van der Waals surface area contributed by atoms with Gasteiger partial charge >= 0.3 is 5.97 Å². The molecular weight excluding hydrogens is 308 g/mol. The van der Waals surface area contributed by atoms with Crippen molar-refractivity contribution in [1.29, 1.82) is 0 Å². The standard InChI is InChI=1S/C12H14BrF2NO2/c1-12(2,11(17)18-3)10(16)9-7(14)4-6(13)5-8(9)15/h4-5,10H,16H2,1-3H3/t10-/m0/s1. The van der Waals surface area contributed by atoms with E-state index in [1.165, 1.54) is 21.0 Å². The topological polar surface area (TPSA) is 52.3 Å². The van der Waals surface area contributed by atoms with Crippen LogP contribution in [0.25, 0.3) is 0 Å². The van der Waals surface area contributed by atoms with Gasteiger partial charge in [-0.25, -0.2) is 8.78 Å². The van der Waals surface area contributed by atoms with Crippen molar-refractivity contribution in [3.8, 4) is 0 Å². The summed E-state index contributed by atoms with van der Waals surface area (Å²) in [6.45, 7) is 2.95. The van der Waals surface area contributed by atoms with Crippen molar-refractivity contribution in [1.82, 2.24) is 0 Å². The first-order chi connectivity index (χ1) is 8.21. The lowest BCUT2D eigenvalue weighted by atomic mass is 9.80. The van der Waals surface area contributed by atoms with Crippen LogP contribution in [-0.2, 0) is 9.53 Å². The monoisotopic (exact) mass is 321 g/mol. The lowest BCUT2D eigenvalue weighted by Crippen LogP contribution is -2.38. The zero-order valence-corrected chi connectivity index (χ0v) is 11.8. The van der Waals surface area contributed by atoms with E-state index in [1.54, 1.807) is 0 Å². The summed E-state index contributed by atoms with van der Waals surface area (Å²) in [6, 6.07) is 1.06. The number of benzene rings is 1. The quantitative estimate of drug-likeness (QED) is 0.871. The normalized spacial score (nSPS) is 13.3. The molecule has 0 aliphatic rings. The second kappa shape index (κ2) is 5.32. The predicted octanol–water partition coefficient (Wildman–Crippen LogP) is 2.93. The minimum absolute atomic E-state index is 0.268. The fraction of sp³-hybridized carbons (Fsp3) is 0.417. The van der Waals surface area contributed by atoms with Gasteiger partial charge in [-0.05, 0) is 26.0 Å². The first-order valence-corrected chi connectivity index (χ1v) is 5.99. The van der Waals surface area contributed by atoms with Crippen molar-refractivity contribution in [2.24, 2.45) is 11.1 Å². The molecule has 1 aromatic rings. The molecule has 100 valence electrons. The Hall–Kier alpha value is -1.01. The van der Waals surface area contributed by atoms with Crippen LogP contribution < -0.4 is 5.73 Å². The highest BCUT2D eigenvalue weighted by atomic mass is 79.9. The van der Waals surface area contributed by atoms with Gasteiger partial charge in [0, 0.05) is 10.0 Å². The number of nitrogens with two attached hydrogens (primary N) is 1. The van der Waals surface area contributed by atoms with Crippen LogP contribution in [0.5, 0.6) is 0 Å². The van der Waals surface area contributed by atoms with E-state index in [4.69, 9.17) is 5.73 Å². The number of rotatable bonds is 3. The second-order valence-electron chi connectivity index (χ2n) is 4.47. The molecule has 0 amide bonds. The molecule has 3 nitrogen and oxygen atoms in total. The van der Waals surface area contributed by atoms with Crippen LogP contribution in [0.2, 0.25) is 0 Å². The third-order valence-corrected chi connectivity index (χ3v) is 3.30. The van der Waals surface area contributed by atoms with E-state index < -0.39 is 29.1 Å². The molecular formula is C12H14BrF2NO2. The molecule has 0 aliphatic heterocycles. The van der Waals surface area contributed by atoms with Crippen LogP contribution >= 0.6 is 15.9 Å². The number of carbonyl (C=O) groups is 1. The number of esters is 1. The van der Waals surface area contributed by atoms with E-state index in [0.29, 0.717) is 0 Å². The molecule has 0 radical (unpaired) electrons. The van der Waals surface area contributed by atoms with E-state index in [2.05, 4.69) is 20.7 Å². The third kappa shape index (κ3) is 2.70.